The Labute approximate surface area is 152 Å². The second-order valence-corrected chi connectivity index (χ2v) is 9.37. The van der Waals surface area contributed by atoms with Crippen LogP contribution >= 0.6 is 0 Å². The van der Waals surface area contributed by atoms with Crippen molar-refractivity contribution < 1.29 is 15.3 Å². The van der Waals surface area contributed by atoms with E-state index in [1.165, 1.54) is 11.1 Å². The van der Waals surface area contributed by atoms with E-state index in [9.17, 15) is 15.3 Å². The summed E-state index contributed by atoms with van der Waals surface area (Å²) >= 11 is 0. The first-order chi connectivity index (χ1) is 12.4. The van der Waals surface area contributed by atoms with Crippen LogP contribution in [0.5, 0.6) is 0 Å². The fraction of sp³-hybridized carbons (Fsp3) is 0.571. The van der Waals surface area contributed by atoms with Crippen LogP contribution in [-0.4, -0.2) is 42.2 Å². The molecule has 1 aliphatic heterocycles. The first kappa shape index (κ1) is 15.4. The molecule has 5 heteroatoms. The molecule has 0 saturated heterocycles. The summed E-state index contributed by atoms with van der Waals surface area (Å²) in [6.45, 7) is 0. The van der Waals surface area contributed by atoms with Crippen molar-refractivity contribution in [1.82, 2.24) is 9.55 Å². The van der Waals surface area contributed by atoms with Crippen molar-refractivity contribution >= 4 is 0 Å². The van der Waals surface area contributed by atoms with Crippen LogP contribution in [-0.2, 0) is 0 Å². The van der Waals surface area contributed by atoms with Crippen molar-refractivity contribution in [3.05, 3.63) is 42.4 Å². The van der Waals surface area contributed by atoms with Gasteiger partial charge in [-0.15, -0.1) is 0 Å². The van der Waals surface area contributed by atoms with Gasteiger partial charge >= 0.3 is 0 Å². The van der Waals surface area contributed by atoms with Crippen LogP contribution in [0.3, 0.4) is 0 Å². The fourth-order valence-corrected chi connectivity index (χ4v) is 7.01. The summed E-state index contributed by atoms with van der Waals surface area (Å²) in [6, 6.07) is 8.39. The average molecular weight is 352 g/mol. The first-order valence-electron chi connectivity index (χ1n) is 9.66. The number of hydrogen-bond donors (Lipinski definition) is 3. The smallest absolute Gasteiger partial charge is 0.0956 e. The molecule has 5 aliphatic rings. The molecule has 1 aromatic carbocycles. The van der Waals surface area contributed by atoms with Crippen molar-refractivity contribution in [1.29, 1.82) is 0 Å². The third-order valence-corrected chi connectivity index (χ3v) is 7.76. The lowest BCUT2D eigenvalue weighted by molar-refractivity contribution is -0.123. The fourth-order valence-electron chi connectivity index (χ4n) is 7.01. The van der Waals surface area contributed by atoms with Crippen molar-refractivity contribution in [2.45, 2.75) is 61.9 Å². The zero-order chi connectivity index (χ0) is 17.7. The molecule has 6 unspecified atom stereocenters. The predicted molar refractivity (Wildman–Crippen MR) is 95.3 cm³/mol. The summed E-state index contributed by atoms with van der Waals surface area (Å²) in [5.74, 6) is 0.135. The van der Waals surface area contributed by atoms with Gasteiger partial charge in [-0.05, 0) is 43.6 Å². The predicted octanol–water partition coefficient (Wildman–Crippen LogP) is 2.26. The number of benzene rings is 1. The molecule has 136 valence electrons. The van der Waals surface area contributed by atoms with E-state index < -0.39 is 17.3 Å². The van der Waals surface area contributed by atoms with Crippen molar-refractivity contribution in [3.63, 3.8) is 0 Å². The van der Waals surface area contributed by atoms with Crippen molar-refractivity contribution in [2.24, 2.45) is 11.3 Å². The molecule has 2 heterocycles. The molecule has 26 heavy (non-hydrogen) atoms. The molecule has 6 atom stereocenters. The van der Waals surface area contributed by atoms with Gasteiger partial charge in [0.05, 0.1) is 41.6 Å². The standard InChI is InChI=1S/C21H24N2O3/c24-18(19-6-13-7-20(25,9-19)11-21(13,26)10-19)5-16-14-3-1-2-4-15(14)17-8-22-12-23(16)17/h1-4,8,12-13,16,18,24-26H,5-7,9-11H2. The Balaban J connectivity index is 1.35. The summed E-state index contributed by atoms with van der Waals surface area (Å²) in [7, 11) is 0. The van der Waals surface area contributed by atoms with E-state index in [0.29, 0.717) is 32.1 Å². The van der Waals surface area contributed by atoms with Crippen LogP contribution in [0.25, 0.3) is 11.3 Å². The van der Waals surface area contributed by atoms with Crippen LogP contribution in [0.15, 0.2) is 36.8 Å². The maximum atomic E-state index is 11.3. The molecule has 0 spiro atoms. The lowest BCUT2D eigenvalue weighted by Crippen LogP contribution is -2.49. The Morgan fingerprint density at radius 3 is 2.81 bits per heavy atom. The Morgan fingerprint density at radius 2 is 2.00 bits per heavy atom. The van der Waals surface area contributed by atoms with E-state index in [1.54, 1.807) is 0 Å². The normalized spacial score (nSPS) is 42.9. The molecule has 4 fully saturated rings. The van der Waals surface area contributed by atoms with Gasteiger partial charge < -0.3 is 19.9 Å². The highest BCUT2D eigenvalue weighted by atomic mass is 16.3. The van der Waals surface area contributed by atoms with Crippen LogP contribution in [0.4, 0.5) is 0 Å². The minimum Gasteiger partial charge on any atom is -0.392 e. The van der Waals surface area contributed by atoms with E-state index in [2.05, 4.69) is 21.7 Å². The highest BCUT2D eigenvalue weighted by Gasteiger charge is 2.70. The second kappa shape index (κ2) is 4.58. The number of aromatic nitrogens is 2. The van der Waals surface area contributed by atoms with E-state index in [0.717, 1.165) is 12.1 Å². The molecule has 4 bridgehead atoms. The largest absolute Gasteiger partial charge is 0.392 e. The maximum Gasteiger partial charge on any atom is 0.0956 e. The van der Waals surface area contributed by atoms with Gasteiger partial charge in [-0.1, -0.05) is 24.3 Å². The van der Waals surface area contributed by atoms with Crippen molar-refractivity contribution in [3.8, 4) is 11.3 Å². The Kier molecular flexibility index (Phi) is 2.71. The van der Waals surface area contributed by atoms with Gasteiger partial charge in [0.1, 0.15) is 0 Å². The molecule has 0 amide bonds. The maximum absolute atomic E-state index is 11.3. The van der Waals surface area contributed by atoms with Crippen LogP contribution in [0, 0.1) is 11.3 Å². The zero-order valence-electron chi connectivity index (χ0n) is 14.7. The number of hydrogen-bond acceptors (Lipinski definition) is 4. The van der Waals surface area contributed by atoms with Gasteiger partial charge in [0.2, 0.25) is 0 Å². The Bertz CT molecular complexity index is 906. The topological polar surface area (TPSA) is 78.5 Å². The second-order valence-electron chi connectivity index (χ2n) is 9.37. The summed E-state index contributed by atoms with van der Waals surface area (Å²) in [5.41, 5.74) is 1.60. The van der Waals surface area contributed by atoms with Gasteiger partial charge in [0.15, 0.2) is 0 Å². The van der Waals surface area contributed by atoms with E-state index in [1.807, 2.05) is 24.7 Å². The van der Waals surface area contributed by atoms with Gasteiger partial charge in [0, 0.05) is 17.4 Å². The highest BCUT2D eigenvalue weighted by molar-refractivity contribution is 5.68. The quantitative estimate of drug-likeness (QED) is 0.792. The minimum absolute atomic E-state index is 0.0645. The average Bonchev–Trinajstić information content (AvgIpc) is 3.25. The summed E-state index contributed by atoms with van der Waals surface area (Å²) in [5, 5.41) is 33.1. The highest BCUT2D eigenvalue weighted by Crippen LogP contribution is 2.69. The molecule has 1 aromatic heterocycles. The molecular weight excluding hydrogens is 328 g/mol. The number of fused-ring (bicyclic) bond motifs is 3. The molecule has 7 rings (SSSR count). The van der Waals surface area contributed by atoms with E-state index in [4.69, 9.17) is 0 Å². The van der Waals surface area contributed by atoms with E-state index in [-0.39, 0.29) is 17.4 Å². The van der Waals surface area contributed by atoms with Gasteiger partial charge in [-0.25, -0.2) is 4.98 Å². The Hall–Kier alpha value is -1.69. The molecule has 2 aromatic rings. The van der Waals surface area contributed by atoms with E-state index >= 15 is 0 Å². The lowest BCUT2D eigenvalue weighted by Gasteiger charge is -2.47. The third-order valence-electron chi connectivity index (χ3n) is 7.76. The number of rotatable bonds is 3. The van der Waals surface area contributed by atoms with Crippen molar-refractivity contribution in [2.75, 3.05) is 0 Å². The Morgan fingerprint density at radius 1 is 1.15 bits per heavy atom. The van der Waals surface area contributed by atoms with Crippen LogP contribution in [0.1, 0.15) is 50.1 Å². The summed E-state index contributed by atoms with van der Waals surface area (Å²) in [4.78, 5) is 4.30. The van der Waals surface area contributed by atoms with Gasteiger partial charge in [-0.2, -0.15) is 0 Å². The molecule has 0 radical (unpaired) electrons. The lowest BCUT2D eigenvalue weighted by atomic mass is 9.63. The molecule has 4 saturated carbocycles. The molecule has 4 aliphatic carbocycles. The van der Waals surface area contributed by atoms with Gasteiger partial charge in [-0.3, -0.25) is 0 Å². The van der Waals surface area contributed by atoms with Crippen LogP contribution < -0.4 is 0 Å². The number of imidazole rings is 1. The summed E-state index contributed by atoms with van der Waals surface area (Å²) in [6.07, 6.45) is 7.03. The molecule has 5 nitrogen and oxygen atoms in total. The first-order valence-corrected chi connectivity index (χ1v) is 9.66. The zero-order valence-corrected chi connectivity index (χ0v) is 14.7. The number of nitrogens with zero attached hydrogens (tertiary/aromatic N) is 2. The number of aliphatic hydroxyl groups excluding tert-OH is 1. The molecular formula is C21H24N2O3. The van der Waals surface area contributed by atoms with Gasteiger partial charge in [0.25, 0.3) is 0 Å². The SMILES string of the molecule is OC(CC1c2ccccc2-c2cncn21)C12CC3CC(O)(CC3(O)C1)C2. The third kappa shape index (κ3) is 1.79. The van der Waals surface area contributed by atoms with Crippen LogP contribution in [0.2, 0.25) is 0 Å². The number of aliphatic hydroxyl groups is 3. The minimum atomic E-state index is -0.787. The molecule has 3 N–H and O–H groups in total. The summed E-state index contributed by atoms with van der Waals surface area (Å²) < 4.78 is 2.16. The monoisotopic (exact) mass is 352 g/mol.